The Morgan fingerprint density at radius 1 is 1.40 bits per heavy atom. The average Bonchev–Trinajstić information content (AvgIpc) is 2.65. The van der Waals surface area contributed by atoms with E-state index in [1.54, 1.807) is 0 Å². The van der Waals surface area contributed by atoms with Gasteiger partial charge in [0.05, 0.1) is 12.4 Å². The van der Waals surface area contributed by atoms with Crippen LogP contribution in [0.1, 0.15) is 5.01 Å². The molecule has 2 heterocycles. The highest BCUT2D eigenvalue weighted by molar-refractivity contribution is 7.13. The molecule has 0 spiro atoms. The summed E-state index contributed by atoms with van der Waals surface area (Å²) in [6.07, 6.45) is 2.49. The SMILES string of the molecule is NCc1nnc(Oc2cncc(F)c2)s1. The zero-order valence-electron chi connectivity index (χ0n) is 7.55. The quantitative estimate of drug-likeness (QED) is 0.854. The minimum atomic E-state index is -0.462. The van der Waals surface area contributed by atoms with E-state index in [9.17, 15) is 4.39 Å². The van der Waals surface area contributed by atoms with Crippen LogP contribution in [-0.4, -0.2) is 15.2 Å². The van der Waals surface area contributed by atoms with Crippen molar-refractivity contribution < 1.29 is 9.13 Å². The van der Waals surface area contributed by atoms with E-state index in [0.29, 0.717) is 16.7 Å². The van der Waals surface area contributed by atoms with Crippen molar-refractivity contribution in [2.24, 2.45) is 5.73 Å². The summed E-state index contributed by atoms with van der Waals surface area (Å²) in [7, 11) is 0. The van der Waals surface area contributed by atoms with Crippen LogP contribution in [0.5, 0.6) is 10.9 Å². The maximum Gasteiger partial charge on any atom is 0.299 e. The van der Waals surface area contributed by atoms with Crippen LogP contribution in [0.2, 0.25) is 0 Å². The number of hydrogen-bond acceptors (Lipinski definition) is 6. The van der Waals surface area contributed by atoms with E-state index in [2.05, 4.69) is 15.2 Å². The zero-order chi connectivity index (χ0) is 10.7. The first-order valence-corrected chi connectivity index (χ1v) is 4.90. The highest BCUT2D eigenvalue weighted by Crippen LogP contribution is 2.24. The van der Waals surface area contributed by atoms with E-state index < -0.39 is 5.82 Å². The van der Waals surface area contributed by atoms with E-state index >= 15 is 0 Å². The van der Waals surface area contributed by atoms with Gasteiger partial charge in [-0.15, -0.1) is 5.10 Å². The summed E-state index contributed by atoms with van der Waals surface area (Å²) in [6.45, 7) is 0.308. The summed E-state index contributed by atoms with van der Waals surface area (Å²) in [5, 5.41) is 8.47. The van der Waals surface area contributed by atoms with Crippen molar-refractivity contribution >= 4 is 11.3 Å². The molecule has 78 valence electrons. The summed E-state index contributed by atoms with van der Waals surface area (Å²) >= 11 is 1.21. The van der Waals surface area contributed by atoms with Gasteiger partial charge in [0.1, 0.15) is 10.8 Å². The Hall–Kier alpha value is -1.60. The summed E-state index contributed by atoms with van der Waals surface area (Å²) in [6, 6.07) is 1.22. The molecule has 0 radical (unpaired) electrons. The highest BCUT2D eigenvalue weighted by Gasteiger charge is 2.05. The van der Waals surface area contributed by atoms with E-state index in [1.807, 2.05) is 0 Å². The third-order valence-electron chi connectivity index (χ3n) is 1.51. The van der Waals surface area contributed by atoms with E-state index in [4.69, 9.17) is 10.5 Å². The lowest BCUT2D eigenvalue weighted by atomic mass is 10.4. The van der Waals surface area contributed by atoms with Gasteiger partial charge in [-0.25, -0.2) is 4.39 Å². The molecular formula is C8H7FN4OS. The van der Waals surface area contributed by atoms with Crippen molar-refractivity contribution in [2.75, 3.05) is 0 Å². The van der Waals surface area contributed by atoms with Crippen LogP contribution in [0.4, 0.5) is 4.39 Å². The third kappa shape index (κ3) is 2.45. The summed E-state index contributed by atoms with van der Waals surface area (Å²) in [5.41, 5.74) is 5.36. The predicted octanol–water partition coefficient (Wildman–Crippen LogP) is 1.32. The molecule has 0 aliphatic rings. The van der Waals surface area contributed by atoms with E-state index in [-0.39, 0.29) is 5.75 Å². The molecule has 0 aliphatic heterocycles. The number of pyridine rings is 1. The van der Waals surface area contributed by atoms with Gasteiger partial charge in [-0.3, -0.25) is 4.98 Å². The summed E-state index contributed by atoms with van der Waals surface area (Å²) < 4.78 is 18.0. The van der Waals surface area contributed by atoms with Crippen LogP contribution >= 0.6 is 11.3 Å². The largest absolute Gasteiger partial charge is 0.428 e. The Morgan fingerprint density at radius 2 is 2.27 bits per heavy atom. The summed E-state index contributed by atoms with van der Waals surface area (Å²) in [4.78, 5) is 3.64. The Morgan fingerprint density at radius 3 is 2.93 bits per heavy atom. The number of aromatic nitrogens is 3. The lowest BCUT2D eigenvalue weighted by Crippen LogP contribution is -1.94. The minimum Gasteiger partial charge on any atom is -0.428 e. The van der Waals surface area contributed by atoms with Gasteiger partial charge in [-0.2, -0.15) is 0 Å². The number of nitrogens with two attached hydrogens (primary N) is 1. The maximum atomic E-state index is 12.7. The second kappa shape index (κ2) is 4.28. The zero-order valence-corrected chi connectivity index (χ0v) is 8.37. The van der Waals surface area contributed by atoms with Crippen molar-refractivity contribution in [2.45, 2.75) is 6.54 Å². The number of nitrogens with zero attached hydrogens (tertiary/aromatic N) is 3. The van der Waals surface area contributed by atoms with Crippen molar-refractivity contribution in [1.29, 1.82) is 0 Å². The number of rotatable bonds is 3. The standard InChI is InChI=1S/C8H7FN4OS/c9-5-1-6(4-11-3-5)14-8-13-12-7(2-10)15-8/h1,3-4H,2,10H2. The fraction of sp³-hybridized carbons (Fsp3) is 0.125. The number of ether oxygens (including phenoxy) is 1. The van der Waals surface area contributed by atoms with E-state index in [1.165, 1.54) is 23.6 Å². The first-order valence-electron chi connectivity index (χ1n) is 4.09. The van der Waals surface area contributed by atoms with Gasteiger partial charge in [-0.1, -0.05) is 16.4 Å². The Kier molecular flexibility index (Phi) is 2.84. The first-order chi connectivity index (χ1) is 7.28. The lowest BCUT2D eigenvalue weighted by Gasteiger charge is -1.98. The van der Waals surface area contributed by atoms with E-state index in [0.717, 1.165) is 6.20 Å². The van der Waals surface area contributed by atoms with Gasteiger partial charge < -0.3 is 10.5 Å². The van der Waals surface area contributed by atoms with Gasteiger partial charge in [-0.05, 0) is 0 Å². The molecule has 0 aliphatic carbocycles. The molecule has 0 bridgehead atoms. The number of halogens is 1. The molecule has 0 amide bonds. The molecule has 2 N–H and O–H groups in total. The van der Waals surface area contributed by atoms with Gasteiger partial charge >= 0.3 is 0 Å². The van der Waals surface area contributed by atoms with Crippen LogP contribution in [0, 0.1) is 5.82 Å². The third-order valence-corrected chi connectivity index (χ3v) is 2.33. The molecule has 0 aromatic carbocycles. The van der Waals surface area contributed by atoms with Crippen LogP contribution in [0.15, 0.2) is 18.5 Å². The van der Waals surface area contributed by atoms with Gasteiger partial charge in [0.25, 0.3) is 5.19 Å². The second-order valence-corrected chi connectivity index (χ2v) is 3.63. The van der Waals surface area contributed by atoms with Gasteiger partial charge in [0.2, 0.25) is 0 Å². The fourth-order valence-corrected chi connectivity index (χ4v) is 1.50. The molecule has 2 aromatic heterocycles. The van der Waals surface area contributed by atoms with Gasteiger partial charge in [0.15, 0.2) is 5.75 Å². The van der Waals surface area contributed by atoms with Crippen molar-refractivity contribution in [3.8, 4) is 10.9 Å². The van der Waals surface area contributed by atoms with Crippen molar-refractivity contribution in [1.82, 2.24) is 15.2 Å². The molecule has 2 aromatic rings. The molecule has 0 unspecified atom stereocenters. The molecular weight excluding hydrogens is 219 g/mol. The molecule has 5 nitrogen and oxygen atoms in total. The molecule has 15 heavy (non-hydrogen) atoms. The van der Waals surface area contributed by atoms with Crippen LogP contribution in [0.3, 0.4) is 0 Å². The van der Waals surface area contributed by atoms with Crippen LogP contribution < -0.4 is 10.5 Å². The fourth-order valence-electron chi connectivity index (χ4n) is 0.911. The lowest BCUT2D eigenvalue weighted by molar-refractivity contribution is 0.464. The smallest absolute Gasteiger partial charge is 0.299 e. The number of hydrogen-bond donors (Lipinski definition) is 1. The molecule has 0 fully saturated rings. The van der Waals surface area contributed by atoms with Crippen molar-refractivity contribution in [3.63, 3.8) is 0 Å². The Labute approximate surface area is 88.7 Å². The molecule has 0 atom stereocenters. The first kappa shape index (κ1) is 9.94. The monoisotopic (exact) mass is 226 g/mol. The molecule has 0 saturated heterocycles. The maximum absolute atomic E-state index is 12.7. The molecule has 2 rings (SSSR count). The normalized spacial score (nSPS) is 10.3. The minimum absolute atomic E-state index is 0.287. The topological polar surface area (TPSA) is 73.9 Å². The second-order valence-electron chi connectivity index (χ2n) is 2.61. The Bertz CT molecular complexity index is 461. The summed E-state index contributed by atoms with van der Waals surface area (Å²) in [5.74, 6) is -0.175. The molecule has 7 heteroatoms. The predicted molar refractivity (Wildman–Crippen MR) is 52.1 cm³/mol. The van der Waals surface area contributed by atoms with Crippen LogP contribution in [-0.2, 0) is 6.54 Å². The molecule has 0 saturated carbocycles. The average molecular weight is 226 g/mol. The highest BCUT2D eigenvalue weighted by atomic mass is 32.1. The Balaban J connectivity index is 2.14. The van der Waals surface area contributed by atoms with Gasteiger partial charge in [0, 0.05) is 12.6 Å². The van der Waals surface area contributed by atoms with Crippen LogP contribution in [0.25, 0.3) is 0 Å². The van der Waals surface area contributed by atoms with Crippen molar-refractivity contribution in [3.05, 3.63) is 29.3 Å².